The van der Waals surface area contributed by atoms with Gasteiger partial charge in [-0.2, -0.15) is 0 Å². The number of benzene rings is 1. The molecule has 0 aliphatic heterocycles. The van der Waals surface area contributed by atoms with Gasteiger partial charge < -0.3 is 10.0 Å². The predicted octanol–water partition coefficient (Wildman–Crippen LogP) is 3.32. The van der Waals surface area contributed by atoms with Gasteiger partial charge >= 0.3 is 0 Å². The number of aliphatic hydroxyl groups is 1. The van der Waals surface area contributed by atoms with E-state index < -0.39 is 0 Å². The number of carbonyl (C=O) groups is 1. The van der Waals surface area contributed by atoms with Crippen LogP contribution < -0.4 is 0 Å². The van der Waals surface area contributed by atoms with Gasteiger partial charge in [-0.1, -0.05) is 12.1 Å². The van der Waals surface area contributed by atoms with Gasteiger partial charge in [0.1, 0.15) is 5.82 Å². The molecule has 1 amide bonds. The van der Waals surface area contributed by atoms with Crippen LogP contribution in [0, 0.1) is 12.7 Å². The van der Waals surface area contributed by atoms with Gasteiger partial charge in [-0.3, -0.25) is 4.79 Å². The highest BCUT2D eigenvalue weighted by Crippen LogP contribution is 2.31. The third kappa shape index (κ3) is 3.49. The zero-order valence-corrected chi connectivity index (χ0v) is 12.9. The Hall–Kier alpha value is -1.72. The van der Waals surface area contributed by atoms with E-state index in [4.69, 9.17) is 5.11 Å². The molecular formula is C16H18FNO2S. The van der Waals surface area contributed by atoms with Crippen LogP contribution in [0.2, 0.25) is 0 Å². The minimum absolute atomic E-state index is 0.0469. The molecule has 0 aliphatic rings. The van der Waals surface area contributed by atoms with Crippen molar-refractivity contribution >= 4 is 17.2 Å². The van der Waals surface area contributed by atoms with E-state index in [1.165, 1.54) is 23.5 Å². The first-order valence-electron chi connectivity index (χ1n) is 6.83. The maximum absolute atomic E-state index is 13.0. The quantitative estimate of drug-likeness (QED) is 0.920. The van der Waals surface area contributed by atoms with Crippen LogP contribution in [-0.4, -0.2) is 35.6 Å². The Kier molecular flexibility index (Phi) is 5.09. The SMILES string of the molecule is CCN(CCO)C(=O)c1cc(-c2ccc(F)cc2)c(C)s1. The van der Waals surface area contributed by atoms with Gasteiger partial charge in [0.05, 0.1) is 11.5 Å². The highest BCUT2D eigenvalue weighted by molar-refractivity contribution is 7.14. The van der Waals surface area contributed by atoms with Crippen molar-refractivity contribution in [1.82, 2.24) is 4.90 Å². The lowest BCUT2D eigenvalue weighted by Gasteiger charge is -2.18. The fourth-order valence-corrected chi connectivity index (χ4v) is 3.19. The lowest BCUT2D eigenvalue weighted by Crippen LogP contribution is -2.32. The number of hydrogen-bond donors (Lipinski definition) is 1. The molecule has 5 heteroatoms. The van der Waals surface area contributed by atoms with Gasteiger partial charge in [-0.15, -0.1) is 11.3 Å². The number of aryl methyl sites for hydroxylation is 1. The zero-order chi connectivity index (χ0) is 15.4. The first-order chi connectivity index (χ1) is 10.1. The highest BCUT2D eigenvalue weighted by Gasteiger charge is 2.18. The molecule has 0 radical (unpaired) electrons. The second-order valence-electron chi connectivity index (χ2n) is 4.70. The molecule has 0 aliphatic carbocycles. The number of amides is 1. The molecule has 112 valence electrons. The van der Waals surface area contributed by atoms with E-state index in [1.54, 1.807) is 17.0 Å². The average molecular weight is 307 g/mol. The molecule has 1 aromatic carbocycles. The summed E-state index contributed by atoms with van der Waals surface area (Å²) in [6.07, 6.45) is 0. The average Bonchev–Trinajstić information content (AvgIpc) is 2.87. The Morgan fingerprint density at radius 2 is 2.00 bits per heavy atom. The third-order valence-electron chi connectivity index (χ3n) is 3.32. The van der Waals surface area contributed by atoms with E-state index in [0.29, 0.717) is 18.0 Å². The molecule has 0 saturated heterocycles. The summed E-state index contributed by atoms with van der Waals surface area (Å²) in [5, 5.41) is 9.00. The zero-order valence-electron chi connectivity index (χ0n) is 12.1. The molecule has 0 saturated carbocycles. The highest BCUT2D eigenvalue weighted by atomic mass is 32.1. The van der Waals surface area contributed by atoms with E-state index >= 15 is 0 Å². The fourth-order valence-electron chi connectivity index (χ4n) is 2.18. The van der Waals surface area contributed by atoms with Crippen LogP contribution in [0.15, 0.2) is 30.3 Å². The summed E-state index contributed by atoms with van der Waals surface area (Å²) in [5.74, 6) is -0.351. The molecule has 0 spiro atoms. The number of likely N-dealkylation sites (N-methyl/N-ethyl adjacent to an activating group) is 1. The molecule has 1 heterocycles. The number of carbonyl (C=O) groups excluding carboxylic acids is 1. The van der Waals surface area contributed by atoms with E-state index in [2.05, 4.69) is 0 Å². The Morgan fingerprint density at radius 3 is 2.57 bits per heavy atom. The summed E-state index contributed by atoms with van der Waals surface area (Å²) in [6, 6.07) is 8.10. The molecule has 3 nitrogen and oxygen atoms in total. The van der Waals surface area contributed by atoms with Crippen molar-refractivity contribution in [3.8, 4) is 11.1 Å². The fraction of sp³-hybridized carbons (Fsp3) is 0.312. The number of nitrogens with zero attached hydrogens (tertiary/aromatic N) is 1. The molecular weight excluding hydrogens is 289 g/mol. The van der Waals surface area contributed by atoms with Crippen molar-refractivity contribution in [2.45, 2.75) is 13.8 Å². The Morgan fingerprint density at radius 1 is 1.33 bits per heavy atom. The van der Waals surface area contributed by atoms with Crippen molar-refractivity contribution < 1.29 is 14.3 Å². The first-order valence-corrected chi connectivity index (χ1v) is 7.65. The Labute approximate surface area is 127 Å². The van der Waals surface area contributed by atoms with Gasteiger partial charge in [-0.25, -0.2) is 4.39 Å². The summed E-state index contributed by atoms with van der Waals surface area (Å²) in [4.78, 5) is 15.7. The van der Waals surface area contributed by atoms with Crippen LogP contribution in [0.25, 0.3) is 11.1 Å². The summed E-state index contributed by atoms with van der Waals surface area (Å²) in [6.45, 7) is 4.67. The largest absolute Gasteiger partial charge is 0.395 e. The summed E-state index contributed by atoms with van der Waals surface area (Å²) in [5.41, 5.74) is 1.85. The maximum atomic E-state index is 13.0. The first kappa shape index (κ1) is 15.7. The molecule has 0 fully saturated rings. The number of hydrogen-bond acceptors (Lipinski definition) is 3. The Bertz CT molecular complexity index is 622. The van der Waals surface area contributed by atoms with Crippen LogP contribution in [-0.2, 0) is 0 Å². The number of aliphatic hydroxyl groups excluding tert-OH is 1. The number of thiophene rings is 1. The molecule has 0 unspecified atom stereocenters. The molecule has 1 N–H and O–H groups in total. The van der Waals surface area contributed by atoms with Crippen LogP contribution in [0.3, 0.4) is 0 Å². The van der Waals surface area contributed by atoms with Gasteiger partial charge in [0.25, 0.3) is 5.91 Å². The second-order valence-corrected chi connectivity index (χ2v) is 5.95. The van der Waals surface area contributed by atoms with Crippen LogP contribution >= 0.6 is 11.3 Å². The molecule has 2 rings (SSSR count). The lowest BCUT2D eigenvalue weighted by atomic mass is 10.1. The van der Waals surface area contributed by atoms with Crippen LogP contribution in [0.5, 0.6) is 0 Å². The van der Waals surface area contributed by atoms with E-state index in [9.17, 15) is 9.18 Å². The van der Waals surface area contributed by atoms with Crippen LogP contribution in [0.4, 0.5) is 4.39 Å². The topological polar surface area (TPSA) is 40.5 Å². The predicted molar refractivity (Wildman–Crippen MR) is 83.1 cm³/mol. The minimum atomic E-state index is -0.275. The lowest BCUT2D eigenvalue weighted by molar-refractivity contribution is 0.0737. The summed E-state index contributed by atoms with van der Waals surface area (Å²) >= 11 is 1.42. The minimum Gasteiger partial charge on any atom is -0.395 e. The van der Waals surface area contributed by atoms with Crippen molar-refractivity contribution in [1.29, 1.82) is 0 Å². The van der Waals surface area contributed by atoms with Crippen molar-refractivity contribution in [2.75, 3.05) is 19.7 Å². The van der Waals surface area contributed by atoms with E-state index in [0.717, 1.165) is 16.0 Å². The maximum Gasteiger partial charge on any atom is 0.264 e. The summed E-state index contributed by atoms with van der Waals surface area (Å²) < 4.78 is 13.0. The van der Waals surface area contributed by atoms with Gasteiger partial charge in [0.2, 0.25) is 0 Å². The van der Waals surface area contributed by atoms with Crippen molar-refractivity contribution in [2.24, 2.45) is 0 Å². The van der Waals surface area contributed by atoms with Gasteiger partial charge in [0, 0.05) is 18.0 Å². The monoisotopic (exact) mass is 307 g/mol. The van der Waals surface area contributed by atoms with E-state index in [-0.39, 0.29) is 18.3 Å². The number of rotatable bonds is 5. The van der Waals surface area contributed by atoms with Crippen molar-refractivity contribution in [3.63, 3.8) is 0 Å². The van der Waals surface area contributed by atoms with Crippen LogP contribution in [0.1, 0.15) is 21.5 Å². The third-order valence-corrected chi connectivity index (χ3v) is 4.36. The molecule has 0 atom stereocenters. The molecule has 0 bridgehead atoms. The van der Waals surface area contributed by atoms with E-state index in [1.807, 2.05) is 19.9 Å². The molecule has 21 heavy (non-hydrogen) atoms. The summed E-state index contributed by atoms with van der Waals surface area (Å²) in [7, 11) is 0. The van der Waals surface area contributed by atoms with Gasteiger partial charge in [0.15, 0.2) is 0 Å². The van der Waals surface area contributed by atoms with Gasteiger partial charge in [-0.05, 0) is 43.2 Å². The smallest absolute Gasteiger partial charge is 0.264 e. The molecule has 2 aromatic rings. The number of halogens is 1. The Balaban J connectivity index is 2.30. The molecule has 1 aromatic heterocycles. The standard InChI is InChI=1S/C16H18FNO2S/c1-3-18(8-9-19)16(20)15-10-14(11(2)21-15)12-4-6-13(17)7-5-12/h4-7,10,19H,3,8-9H2,1-2H3. The normalized spacial score (nSPS) is 10.7. The van der Waals surface area contributed by atoms with Crippen molar-refractivity contribution in [3.05, 3.63) is 45.9 Å². The second kappa shape index (κ2) is 6.83.